The maximum absolute atomic E-state index is 11.2. The van der Waals surface area contributed by atoms with Gasteiger partial charge in [0.25, 0.3) is 0 Å². The highest BCUT2D eigenvalue weighted by molar-refractivity contribution is 7.80. The molecular weight excluding hydrogens is 282 g/mol. The van der Waals surface area contributed by atoms with Crippen molar-refractivity contribution in [1.29, 1.82) is 0 Å². The third kappa shape index (κ3) is 2.98. The lowest BCUT2D eigenvalue weighted by Gasteiger charge is -2.33. The number of halogens is 1. The molecule has 1 heterocycles. The first-order chi connectivity index (χ1) is 9.00. The lowest BCUT2D eigenvalue weighted by molar-refractivity contribution is -0.122. The van der Waals surface area contributed by atoms with Crippen LogP contribution in [-0.2, 0) is 4.79 Å². The van der Waals surface area contributed by atoms with Gasteiger partial charge in [0, 0.05) is 24.7 Å². The smallest absolute Gasteiger partial charge is 0.220 e. The Hall–Kier alpha value is -1.33. The highest BCUT2D eigenvalue weighted by Gasteiger charge is 2.25. The molecular formula is C13H16ClN3OS. The van der Waals surface area contributed by atoms with Crippen LogP contribution in [0.1, 0.15) is 18.4 Å². The molecule has 1 fully saturated rings. The summed E-state index contributed by atoms with van der Waals surface area (Å²) in [6.07, 6.45) is 1.50. The minimum Gasteiger partial charge on any atom is -0.389 e. The Morgan fingerprint density at radius 3 is 2.47 bits per heavy atom. The van der Waals surface area contributed by atoms with Gasteiger partial charge in [-0.3, -0.25) is 4.79 Å². The van der Waals surface area contributed by atoms with E-state index < -0.39 is 0 Å². The molecule has 102 valence electrons. The summed E-state index contributed by atoms with van der Waals surface area (Å²) >= 11 is 11.2. The Balaban J connectivity index is 2.22. The van der Waals surface area contributed by atoms with Gasteiger partial charge in [0.15, 0.2) is 0 Å². The van der Waals surface area contributed by atoms with E-state index in [0.717, 1.165) is 31.6 Å². The number of hydrogen-bond acceptors (Lipinski definition) is 3. The summed E-state index contributed by atoms with van der Waals surface area (Å²) in [7, 11) is 0. The molecule has 1 aromatic rings. The van der Waals surface area contributed by atoms with E-state index in [1.165, 1.54) is 0 Å². The zero-order valence-corrected chi connectivity index (χ0v) is 12.0. The van der Waals surface area contributed by atoms with Gasteiger partial charge in [0.2, 0.25) is 5.91 Å². The highest BCUT2D eigenvalue weighted by atomic mass is 35.5. The average Bonchev–Trinajstić information content (AvgIpc) is 2.38. The second-order valence-corrected chi connectivity index (χ2v) is 5.51. The minimum absolute atomic E-state index is 0.0382. The number of amides is 1. The Labute approximate surface area is 122 Å². The van der Waals surface area contributed by atoms with Gasteiger partial charge in [0.1, 0.15) is 4.99 Å². The van der Waals surface area contributed by atoms with Crippen molar-refractivity contribution < 1.29 is 4.79 Å². The zero-order valence-electron chi connectivity index (χ0n) is 10.4. The van der Waals surface area contributed by atoms with E-state index in [1.807, 2.05) is 12.1 Å². The fourth-order valence-corrected chi connectivity index (χ4v) is 2.97. The van der Waals surface area contributed by atoms with Crippen LogP contribution < -0.4 is 16.4 Å². The lowest BCUT2D eigenvalue weighted by Crippen LogP contribution is -2.39. The van der Waals surface area contributed by atoms with Crippen LogP contribution in [-0.4, -0.2) is 24.0 Å². The zero-order chi connectivity index (χ0) is 14.0. The lowest BCUT2D eigenvalue weighted by atomic mass is 9.95. The Bertz CT molecular complexity index is 513. The number of hydrogen-bond donors (Lipinski definition) is 2. The second-order valence-electron chi connectivity index (χ2n) is 4.66. The first-order valence-electron chi connectivity index (χ1n) is 6.13. The summed E-state index contributed by atoms with van der Waals surface area (Å²) in [5, 5.41) is 0.557. The average molecular weight is 298 g/mol. The van der Waals surface area contributed by atoms with Crippen LogP contribution in [0, 0.1) is 5.92 Å². The van der Waals surface area contributed by atoms with E-state index >= 15 is 0 Å². The van der Waals surface area contributed by atoms with Gasteiger partial charge in [-0.2, -0.15) is 0 Å². The van der Waals surface area contributed by atoms with Crippen LogP contribution in [0.25, 0.3) is 0 Å². The van der Waals surface area contributed by atoms with Crippen molar-refractivity contribution in [2.45, 2.75) is 12.8 Å². The minimum atomic E-state index is -0.222. The molecule has 4 nitrogen and oxygen atoms in total. The molecule has 0 spiro atoms. The number of carbonyl (C=O) groups is 1. The number of nitrogens with two attached hydrogens (primary N) is 2. The fourth-order valence-electron chi connectivity index (χ4n) is 2.43. The molecule has 4 N–H and O–H groups in total. The molecule has 0 unspecified atom stereocenters. The van der Waals surface area contributed by atoms with Gasteiger partial charge in [-0.25, -0.2) is 0 Å². The number of rotatable bonds is 3. The SMILES string of the molecule is NC(=O)C1CCN(c2cccc(Cl)c2C(N)=S)CC1. The van der Waals surface area contributed by atoms with Gasteiger partial charge in [-0.1, -0.05) is 29.9 Å². The molecule has 0 radical (unpaired) electrons. The molecule has 1 aliphatic heterocycles. The Kier molecular flexibility index (Phi) is 4.27. The van der Waals surface area contributed by atoms with Crippen molar-refractivity contribution in [2.24, 2.45) is 17.4 Å². The molecule has 1 saturated heterocycles. The number of anilines is 1. The highest BCUT2D eigenvalue weighted by Crippen LogP contribution is 2.30. The first kappa shape index (κ1) is 14.1. The van der Waals surface area contributed by atoms with Crippen LogP contribution in [0.2, 0.25) is 5.02 Å². The van der Waals surface area contributed by atoms with Crippen molar-refractivity contribution in [1.82, 2.24) is 0 Å². The molecule has 0 aromatic heterocycles. The molecule has 1 aliphatic rings. The summed E-state index contributed by atoms with van der Waals surface area (Å²) in [4.78, 5) is 13.6. The summed E-state index contributed by atoms with van der Waals surface area (Å²) in [5.74, 6) is -0.260. The standard InChI is InChI=1S/C13H16ClN3OS/c14-9-2-1-3-10(11(9)13(16)19)17-6-4-8(5-7-17)12(15)18/h1-3,8H,4-7H2,(H2,15,18)(H2,16,19). The molecule has 0 atom stereocenters. The number of piperidine rings is 1. The van der Waals surface area contributed by atoms with E-state index in [1.54, 1.807) is 6.07 Å². The molecule has 2 rings (SSSR count). The molecule has 0 saturated carbocycles. The third-order valence-corrected chi connectivity index (χ3v) is 4.00. The van der Waals surface area contributed by atoms with Crippen molar-refractivity contribution in [2.75, 3.05) is 18.0 Å². The molecule has 0 bridgehead atoms. The van der Waals surface area contributed by atoms with Gasteiger partial charge in [0.05, 0.1) is 10.6 Å². The van der Waals surface area contributed by atoms with Crippen LogP contribution in [0.5, 0.6) is 0 Å². The van der Waals surface area contributed by atoms with E-state index in [0.29, 0.717) is 10.6 Å². The van der Waals surface area contributed by atoms with Crippen molar-refractivity contribution in [3.8, 4) is 0 Å². The Morgan fingerprint density at radius 1 is 1.32 bits per heavy atom. The van der Waals surface area contributed by atoms with Crippen LogP contribution in [0.4, 0.5) is 5.69 Å². The van der Waals surface area contributed by atoms with E-state index in [2.05, 4.69) is 4.90 Å². The first-order valence-corrected chi connectivity index (χ1v) is 6.92. The van der Waals surface area contributed by atoms with Crippen LogP contribution in [0.15, 0.2) is 18.2 Å². The molecule has 6 heteroatoms. The van der Waals surface area contributed by atoms with Gasteiger partial charge < -0.3 is 16.4 Å². The van der Waals surface area contributed by atoms with Crippen LogP contribution >= 0.6 is 23.8 Å². The predicted octanol–water partition coefficient (Wildman–Crippen LogP) is 1.68. The number of carbonyl (C=O) groups excluding carboxylic acids is 1. The summed E-state index contributed by atoms with van der Waals surface area (Å²) in [6.45, 7) is 1.51. The fraction of sp³-hybridized carbons (Fsp3) is 0.385. The van der Waals surface area contributed by atoms with Gasteiger partial charge in [-0.05, 0) is 25.0 Å². The molecule has 1 aromatic carbocycles. The monoisotopic (exact) mass is 297 g/mol. The molecule has 1 amide bonds. The predicted molar refractivity (Wildman–Crippen MR) is 81.5 cm³/mol. The maximum atomic E-state index is 11.2. The van der Waals surface area contributed by atoms with E-state index in [9.17, 15) is 4.79 Å². The second kappa shape index (κ2) is 5.75. The molecule has 0 aliphatic carbocycles. The Morgan fingerprint density at radius 2 is 1.95 bits per heavy atom. The van der Waals surface area contributed by atoms with Crippen LogP contribution in [0.3, 0.4) is 0 Å². The molecule has 19 heavy (non-hydrogen) atoms. The van der Waals surface area contributed by atoms with Crippen molar-refractivity contribution in [3.05, 3.63) is 28.8 Å². The summed E-state index contributed by atoms with van der Waals surface area (Å²) < 4.78 is 0. The number of primary amides is 1. The van der Waals surface area contributed by atoms with E-state index in [4.69, 9.17) is 35.3 Å². The van der Waals surface area contributed by atoms with Gasteiger partial charge in [-0.15, -0.1) is 0 Å². The van der Waals surface area contributed by atoms with E-state index in [-0.39, 0.29) is 16.8 Å². The normalized spacial score (nSPS) is 16.4. The number of thiocarbonyl (C=S) groups is 1. The summed E-state index contributed by atoms with van der Waals surface area (Å²) in [5.41, 5.74) is 12.7. The quantitative estimate of drug-likeness (QED) is 0.833. The summed E-state index contributed by atoms with van der Waals surface area (Å²) in [6, 6.07) is 5.60. The third-order valence-electron chi connectivity index (χ3n) is 3.48. The topological polar surface area (TPSA) is 72.4 Å². The van der Waals surface area contributed by atoms with Crippen molar-refractivity contribution >= 4 is 40.4 Å². The van der Waals surface area contributed by atoms with Crippen molar-refractivity contribution in [3.63, 3.8) is 0 Å². The number of benzene rings is 1. The number of nitrogens with zero attached hydrogens (tertiary/aromatic N) is 1. The largest absolute Gasteiger partial charge is 0.389 e. The maximum Gasteiger partial charge on any atom is 0.220 e. The van der Waals surface area contributed by atoms with Gasteiger partial charge >= 0.3 is 0 Å².